The Labute approximate surface area is 207 Å². The Morgan fingerprint density at radius 2 is 1.09 bits per heavy atom. The third kappa shape index (κ3) is 4.15. The van der Waals surface area contributed by atoms with Crippen molar-refractivity contribution in [2.45, 2.75) is 26.2 Å². The Morgan fingerprint density at radius 3 is 1.80 bits per heavy atom. The van der Waals surface area contributed by atoms with Gasteiger partial charge >= 0.3 is 0 Å². The van der Waals surface area contributed by atoms with Crippen LogP contribution in [-0.2, 0) is 12.8 Å². The van der Waals surface area contributed by atoms with Crippen molar-refractivity contribution in [3.05, 3.63) is 138 Å². The molecule has 0 radical (unpaired) electrons. The summed E-state index contributed by atoms with van der Waals surface area (Å²) in [4.78, 5) is 0. The first-order valence-corrected chi connectivity index (χ1v) is 12.6. The lowest BCUT2D eigenvalue weighted by Gasteiger charge is -2.09. The Hall–Kier alpha value is -4.10. The number of nitrogens with zero attached hydrogens (tertiary/aromatic N) is 1. The van der Waals surface area contributed by atoms with E-state index in [9.17, 15) is 0 Å². The SMILES string of the molecule is CCCc1ccc2c(c1)c1cc(-c3ccc(Cc4ccccc4)cc3)ccc1n2-c1ccccc1. The van der Waals surface area contributed by atoms with Crippen LogP contribution in [-0.4, -0.2) is 4.57 Å². The van der Waals surface area contributed by atoms with E-state index in [0.29, 0.717) is 0 Å². The van der Waals surface area contributed by atoms with Crippen LogP contribution in [0.15, 0.2) is 121 Å². The lowest BCUT2D eigenvalue weighted by molar-refractivity contribution is 0.923. The van der Waals surface area contributed by atoms with Gasteiger partial charge in [0.1, 0.15) is 0 Å². The van der Waals surface area contributed by atoms with Gasteiger partial charge in [-0.2, -0.15) is 0 Å². The van der Waals surface area contributed by atoms with Gasteiger partial charge in [0.25, 0.3) is 0 Å². The average molecular weight is 452 g/mol. The molecule has 0 aliphatic heterocycles. The lowest BCUT2D eigenvalue weighted by Crippen LogP contribution is -1.93. The monoisotopic (exact) mass is 451 g/mol. The standard InChI is InChI=1S/C34H29N/c1-2-9-25-16-20-33-31(23-25)32-24-29(19-21-34(32)35(33)30-12-7-4-8-13-30)28-17-14-27(15-18-28)22-26-10-5-3-6-11-26/h3-8,10-21,23-24H,2,9,22H2,1H3. The molecule has 0 unspecified atom stereocenters. The van der Waals surface area contributed by atoms with Gasteiger partial charge < -0.3 is 4.57 Å². The average Bonchev–Trinajstić information content (AvgIpc) is 3.23. The highest BCUT2D eigenvalue weighted by atomic mass is 15.0. The van der Waals surface area contributed by atoms with Gasteiger partial charge in [0.2, 0.25) is 0 Å². The van der Waals surface area contributed by atoms with Crippen molar-refractivity contribution in [3.63, 3.8) is 0 Å². The second kappa shape index (κ2) is 9.27. The molecule has 0 saturated heterocycles. The molecule has 6 rings (SSSR count). The first kappa shape index (κ1) is 21.4. The summed E-state index contributed by atoms with van der Waals surface area (Å²) in [5.74, 6) is 0. The maximum absolute atomic E-state index is 2.40. The second-order valence-corrected chi connectivity index (χ2v) is 9.36. The minimum absolute atomic E-state index is 0.963. The van der Waals surface area contributed by atoms with Gasteiger partial charge in [-0.3, -0.25) is 0 Å². The number of hydrogen-bond acceptors (Lipinski definition) is 0. The number of fused-ring (bicyclic) bond motifs is 3. The third-order valence-corrected chi connectivity index (χ3v) is 6.92. The second-order valence-electron chi connectivity index (χ2n) is 9.36. The number of aromatic nitrogens is 1. The normalized spacial score (nSPS) is 11.3. The first-order chi connectivity index (χ1) is 17.3. The minimum Gasteiger partial charge on any atom is -0.309 e. The summed E-state index contributed by atoms with van der Waals surface area (Å²) < 4.78 is 2.40. The molecule has 6 aromatic rings. The van der Waals surface area contributed by atoms with Gasteiger partial charge in [-0.25, -0.2) is 0 Å². The van der Waals surface area contributed by atoms with E-state index in [-0.39, 0.29) is 0 Å². The molecule has 0 aliphatic rings. The van der Waals surface area contributed by atoms with Crippen LogP contribution in [0.3, 0.4) is 0 Å². The van der Waals surface area contributed by atoms with Crippen LogP contribution in [0.1, 0.15) is 30.0 Å². The predicted molar refractivity (Wildman–Crippen MR) is 149 cm³/mol. The molecule has 1 aromatic heterocycles. The van der Waals surface area contributed by atoms with E-state index in [1.54, 1.807) is 0 Å². The van der Waals surface area contributed by atoms with Gasteiger partial charge in [0.05, 0.1) is 11.0 Å². The summed E-state index contributed by atoms with van der Waals surface area (Å²) >= 11 is 0. The zero-order valence-electron chi connectivity index (χ0n) is 20.1. The van der Waals surface area contributed by atoms with Gasteiger partial charge in [-0.05, 0) is 77.1 Å². The van der Waals surface area contributed by atoms with Crippen LogP contribution in [0.5, 0.6) is 0 Å². The Balaban J connectivity index is 1.45. The minimum atomic E-state index is 0.963. The highest BCUT2D eigenvalue weighted by molar-refractivity contribution is 6.10. The molecule has 0 amide bonds. The maximum atomic E-state index is 2.40. The van der Waals surface area contributed by atoms with Crippen LogP contribution in [0.25, 0.3) is 38.6 Å². The summed E-state index contributed by atoms with van der Waals surface area (Å²) in [6.45, 7) is 2.25. The largest absolute Gasteiger partial charge is 0.309 e. The molecule has 0 bridgehead atoms. The van der Waals surface area contributed by atoms with Gasteiger partial charge in [0.15, 0.2) is 0 Å². The molecule has 170 valence electrons. The third-order valence-electron chi connectivity index (χ3n) is 6.92. The molecule has 0 atom stereocenters. The van der Waals surface area contributed by atoms with Crippen molar-refractivity contribution < 1.29 is 0 Å². The highest BCUT2D eigenvalue weighted by Crippen LogP contribution is 2.35. The summed E-state index contributed by atoms with van der Waals surface area (Å²) in [7, 11) is 0. The maximum Gasteiger partial charge on any atom is 0.0541 e. The Morgan fingerprint density at radius 1 is 0.514 bits per heavy atom. The van der Waals surface area contributed by atoms with Crippen molar-refractivity contribution in [1.82, 2.24) is 4.57 Å². The molecule has 0 N–H and O–H groups in total. The van der Waals surface area contributed by atoms with Crippen LogP contribution in [0.2, 0.25) is 0 Å². The molecule has 0 fully saturated rings. The van der Waals surface area contributed by atoms with Crippen molar-refractivity contribution in [1.29, 1.82) is 0 Å². The molecule has 0 saturated carbocycles. The van der Waals surface area contributed by atoms with E-state index < -0.39 is 0 Å². The van der Waals surface area contributed by atoms with E-state index in [4.69, 9.17) is 0 Å². The van der Waals surface area contributed by atoms with Crippen LogP contribution < -0.4 is 0 Å². The van der Waals surface area contributed by atoms with Crippen molar-refractivity contribution >= 4 is 21.8 Å². The molecule has 0 spiro atoms. The predicted octanol–water partition coefficient (Wildman–Crippen LogP) is 8.99. The highest BCUT2D eigenvalue weighted by Gasteiger charge is 2.14. The number of rotatable bonds is 6. The molecular formula is C34H29N. The summed E-state index contributed by atoms with van der Waals surface area (Å²) in [6, 6.07) is 44.3. The molecule has 1 heteroatoms. The fourth-order valence-corrected chi connectivity index (χ4v) is 5.20. The number of para-hydroxylation sites is 1. The van der Waals surface area contributed by atoms with Crippen molar-refractivity contribution in [2.24, 2.45) is 0 Å². The Kier molecular flexibility index (Phi) is 5.68. The quantitative estimate of drug-likeness (QED) is 0.238. The number of benzene rings is 5. The van der Waals surface area contributed by atoms with Crippen LogP contribution in [0.4, 0.5) is 0 Å². The molecule has 5 aromatic carbocycles. The molecule has 1 nitrogen and oxygen atoms in total. The van der Waals surface area contributed by atoms with Crippen molar-refractivity contribution in [3.8, 4) is 16.8 Å². The fourth-order valence-electron chi connectivity index (χ4n) is 5.20. The smallest absolute Gasteiger partial charge is 0.0541 e. The van der Waals surface area contributed by atoms with E-state index in [1.165, 1.54) is 55.3 Å². The lowest BCUT2D eigenvalue weighted by atomic mass is 9.99. The summed E-state index contributed by atoms with van der Waals surface area (Å²) in [6.07, 6.45) is 3.23. The topological polar surface area (TPSA) is 4.93 Å². The molecular weight excluding hydrogens is 422 g/mol. The number of hydrogen-bond donors (Lipinski definition) is 0. The molecule has 1 heterocycles. The first-order valence-electron chi connectivity index (χ1n) is 12.6. The van der Waals surface area contributed by atoms with E-state index in [2.05, 4.69) is 133 Å². The van der Waals surface area contributed by atoms with Gasteiger partial charge in [-0.15, -0.1) is 0 Å². The zero-order valence-corrected chi connectivity index (χ0v) is 20.1. The van der Waals surface area contributed by atoms with E-state index in [0.717, 1.165) is 19.3 Å². The molecule has 35 heavy (non-hydrogen) atoms. The van der Waals surface area contributed by atoms with Gasteiger partial charge in [0, 0.05) is 16.5 Å². The van der Waals surface area contributed by atoms with E-state index in [1.807, 2.05) is 0 Å². The van der Waals surface area contributed by atoms with Crippen molar-refractivity contribution in [2.75, 3.05) is 0 Å². The zero-order chi connectivity index (χ0) is 23.6. The van der Waals surface area contributed by atoms with E-state index >= 15 is 0 Å². The van der Waals surface area contributed by atoms with Gasteiger partial charge in [-0.1, -0.05) is 98.3 Å². The summed E-state index contributed by atoms with van der Waals surface area (Å²) in [5, 5.41) is 2.64. The van der Waals surface area contributed by atoms with Crippen LogP contribution >= 0.6 is 0 Å². The van der Waals surface area contributed by atoms with Crippen LogP contribution in [0, 0.1) is 0 Å². The number of aryl methyl sites for hydroxylation is 1. The Bertz CT molecular complexity index is 1590. The molecule has 0 aliphatic carbocycles. The fraction of sp³-hybridized carbons (Fsp3) is 0.118. The summed E-state index contributed by atoms with van der Waals surface area (Å²) in [5.41, 5.74) is 10.3.